The molecule has 2 amide bonds. The molecule has 3 aromatic heterocycles. The van der Waals surface area contributed by atoms with Crippen LogP contribution in [0.3, 0.4) is 0 Å². The molecule has 4 heterocycles. The van der Waals surface area contributed by atoms with E-state index in [0.29, 0.717) is 24.5 Å². The SMILES string of the molecule is C[C@]1(C(=O)NC2CCCCCCC2)Cn2c(ccc2-c2ccco2)C(=O)N1CCc1cccs1. The van der Waals surface area contributed by atoms with Crippen molar-refractivity contribution in [3.05, 3.63) is 58.6 Å². The molecule has 2 aliphatic rings. The summed E-state index contributed by atoms with van der Waals surface area (Å²) < 4.78 is 7.59. The van der Waals surface area contributed by atoms with E-state index in [9.17, 15) is 9.59 Å². The Morgan fingerprint density at radius 3 is 2.56 bits per heavy atom. The Hall–Kier alpha value is -2.80. The summed E-state index contributed by atoms with van der Waals surface area (Å²) >= 11 is 1.69. The summed E-state index contributed by atoms with van der Waals surface area (Å²) in [7, 11) is 0. The van der Waals surface area contributed by atoms with Gasteiger partial charge in [0.1, 0.15) is 17.0 Å². The lowest BCUT2D eigenvalue weighted by Crippen LogP contribution is -2.65. The first kappa shape index (κ1) is 23.0. The maximum absolute atomic E-state index is 13.9. The molecule has 1 atom stereocenters. The lowest BCUT2D eigenvalue weighted by atomic mass is 9.92. The van der Waals surface area contributed by atoms with Crippen LogP contribution in [0.1, 0.15) is 67.2 Å². The fourth-order valence-corrected chi connectivity index (χ4v) is 6.08. The fraction of sp³-hybridized carbons (Fsp3) is 0.481. The largest absolute Gasteiger partial charge is 0.463 e. The highest BCUT2D eigenvalue weighted by Gasteiger charge is 2.48. The molecule has 180 valence electrons. The maximum Gasteiger partial charge on any atom is 0.271 e. The van der Waals surface area contributed by atoms with Crippen molar-refractivity contribution in [1.29, 1.82) is 0 Å². The predicted molar refractivity (Wildman–Crippen MR) is 134 cm³/mol. The van der Waals surface area contributed by atoms with Crippen LogP contribution in [-0.2, 0) is 17.8 Å². The molecular formula is C27H33N3O3S. The predicted octanol–water partition coefficient (Wildman–Crippen LogP) is 5.50. The quantitative estimate of drug-likeness (QED) is 0.508. The van der Waals surface area contributed by atoms with E-state index in [-0.39, 0.29) is 17.9 Å². The van der Waals surface area contributed by atoms with Gasteiger partial charge in [-0.15, -0.1) is 11.3 Å². The number of nitrogens with one attached hydrogen (secondary N) is 1. The summed E-state index contributed by atoms with van der Waals surface area (Å²) in [6.07, 6.45) is 10.4. The van der Waals surface area contributed by atoms with Gasteiger partial charge in [-0.05, 0) is 61.9 Å². The van der Waals surface area contributed by atoms with E-state index in [2.05, 4.69) is 16.8 Å². The molecule has 6 nitrogen and oxygen atoms in total. The van der Waals surface area contributed by atoms with Gasteiger partial charge in [-0.1, -0.05) is 38.2 Å². The van der Waals surface area contributed by atoms with Gasteiger partial charge in [-0.25, -0.2) is 0 Å². The van der Waals surface area contributed by atoms with E-state index in [4.69, 9.17) is 4.42 Å². The van der Waals surface area contributed by atoms with Crippen LogP contribution in [0.15, 0.2) is 52.5 Å². The molecule has 1 N–H and O–H groups in total. The van der Waals surface area contributed by atoms with Crippen molar-refractivity contribution in [3.8, 4) is 11.5 Å². The second-order valence-corrected chi connectivity index (χ2v) is 10.8. The van der Waals surface area contributed by atoms with Gasteiger partial charge < -0.3 is 19.2 Å². The first-order valence-electron chi connectivity index (χ1n) is 12.4. The second-order valence-electron chi connectivity index (χ2n) is 9.74. The van der Waals surface area contributed by atoms with Crippen molar-refractivity contribution in [2.45, 2.75) is 76.4 Å². The van der Waals surface area contributed by atoms with Crippen LogP contribution in [0, 0.1) is 0 Å². The van der Waals surface area contributed by atoms with E-state index in [1.54, 1.807) is 22.5 Å². The number of rotatable bonds is 6. The monoisotopic (exact) mass is 479 g/mol. The van der Waals surface area contributed by atoms with Crippen molar-refractivity contribution in [1.82, 2.24) is 14.8 Å². The zero-order valence-corrected chi connectivity index (χ0v) is 20.6. The van der Waals surface area contributed by atoms with Gasteiger partial charge in [0.15, 0.2) is 0 Å². The van der Waals surface area contributed by atoms with Crippen LogP contribution in [0.25, 0.3) is 11.5 Å². The Bertz CT molecular complexity index is 1110. The number of carbonyl (C=O) groups is 2. The van der Waals surface area contributed by atoms with Gasteiger partial charge in [0.2, 0.25) is 5.91 Å². The normalized spacial score (nSPS) is 21.7. The Balaban J connectivity index is 1.45. The minimum absolute atomic E-state index is 0.0534. The third-order valence-corrected chi connectivity index (χ3v) is 8.31. The standard InChI is InChI=1S/C27H33N3O3S/c1-27(26(32)28-20-9-5-3-2-4-6-10-20)19-29-22(24-12-7-17-33-24)13-14-23(29)25(31)30(27)16-15-21-11-8-18-34-21/h7-8,11-14,17-18,20H,2-6,9-10,15-16,19H2,1H3,(H,28,32)/t27-/m1/s1. The zero-order valence-electron chi connectivity index (χ0n) is 19.8. The summed E-state index contributed by atoms with van der Waals surface area (Å²) in [5, 5.41) is 5.40. The molecule has 3 aromatic rings. The molecule has 0 bridgehead atoms. The number of hydrogen-bond donors (Lipinski definition) is 1. The van der Waals surface area contributed by atoms with Crippen LogP contribution < -0.4 is 5.32 Å². The molecule has 0 radical (unpaired) electrons. The fourth-order valence-electron chi connectivity index (χ4n) is 5.38. The third kappa shape index (κ3) is 4.45. The van der Waals surface area contributed by atoms with Crippen LogP contribution in [0.4, 0.5) is 0 Å². The molecular weight excluding hydrogens is 446 g/mol. The summed E-state index contributed by atoms with van der Waals surface area (Å²) in [5.41, 5.74) is 0.453. The highest BCUT2D eigenvalue weighted by atomic mass is 32.1. The van der Waals surface area contributed by atoms with E-state index in [0.717, 1.165) is 37.8 Å². The van der Waals surface area contributed by atoms with Crippen molar-refractivity contribution in [3.63, 3.8) is 0 Å². The van der Waals surface area contributed by atoms with E-state index >= 15 is 0 Å². The molecule has 0 saturated heterocycles. The van der Waals surface area contributed by atoms with E-state index in [1.165, 1.54) is 24.1 Å². The number of amides is 2. The second kappa shape index (κ2) is 9.82. The smallest absolute Gasteiger partial charge is 0.271 e. The lowest BCUT2D eigenvalue weighted by molar-refractivity contribution is -0.133. The lowest BCUT2D eigenvalue weighted by Gasteiger charge is -2.45. The van der Waals surface area contributed by atoms with Gasteiger partial charge in [-0.2, -0.15) is 0 Å². The molecule has 0 spiro atoms. The molecule has 5 rings (SSSR count). The average Bonchev–Trinajstić information content (AvgIpc) is 3.57. The van der Waals surface area contributed by atoms with E-state index in [1.807, 2.05) is 41.8 Å². The molecule has 34 heavy (non-hydrogen) atoms. The first-order valence-corrected chi connectivity index (χ1v) is 13.3. The number of furan rings is 1. The van der Waals surface area contributed by atoms with Crippen LogP contribution in [0.5, 0.6) is 0 Å². The number of hydrogen-bond acceptors (Lipinski definition) is 4. The Labute approximate surface area is 204 Å². The van der Waals surface area contributed by atoms with Gasteiger partial charge in [0.05, 0.1) is 18.5 Å². The van der Waals surface area contributed by atoms with Crippen molar-refractivity contribution >= 4 is 23.2 Å². The van der Waals surface area contributed by atoms with Gasteiger partial charge in [0, 0.05) is 17.5 Å². The minimum atomic E-state index is -0.982. The number of nitrogens with zero attached hydrogens (tertiary/aromatic N) is 2. The van der Waals surface area contributed by atoms with Crippen molar-refractivity contribution in [2.75, 3.05) is 6.54 Å². The van der Waals surface area contributed by atoms with Crippen molar-refractivity contribution < 1.29 is 14.0 Å². The molecule has 0 aromatic carbocycles. The number of carbonyl (C=O) groups excluding carboxylic acids is 2. The van der Waals surface area contributed by atoms with Gasteiger partial charge in [-0.3, -0.25) is 9.59 Å². The summed E-state index contributed by atoms with van der Waals surface area (Å²) in [5.74, 6) is 0.548. The summed E-state index contributed by atoms with van der Waals surface area (Å²) in [6.45, 7) is 2.84. The molecule has 1 aliphatic carbocycles. The Morgan fingerprint density at radius 1 is 1.09 bits per heavy atom. The summed E-state index contributed by atoms with van der Waals surface area (Å²) in [4.78, 5) is 30.7. The molecule has 0 unspecified atom stereocenters. The molecule has 7 heteroatoms. The van der Waals surface area contributed by atoms with Gasteiger partial charge in [0.25, 0.3) is 5.91 Å². The maximum atomic E-state index is 13.9. The molecule has 1 aliphatic heterocycles. The molecule has 1 saturated carbocycles. The van der Waals surface area contributed by atoms with Crippen LogP contribution in [0.2, 0.25) is 0 Å². The Morgan fingerprint density at radius 2 is 1.85 bits per heavy atom. The summed E-state index contributed by atoms with van der Waals surface area (Å²) in [6, 6.07) is 11.8. The topological polar surface area (TPSA) is 67.5 Å². The minimum Gasteiger partial charge on any atom is -0.463 e. The Kier molecular flexibility index (Phi) is 6.63. The third-order valence-electron chi connectivity index (χ3n) is 7.37. The average molecular weight is 480 g/mol. The van der Waals surface area contributed by atoms with E-state index < -0.39 is 5.54 Å². The zero-order chi connectivity index (χ0) is 23.5. The number of fused-ring (bicyclic) bond motifs is 1. The highest BCUT2D eigenvalue weighted by Crippen LogP contribution is 2.34. The van der Waals surface area contributed by atoms with Crippen LogP contribution in [-0.4, -0.2) is 39.4 Å². The first-order chi connectivity index (χ1) is 16.6. The molecule has 1 fully saturated rings. The van der Waals surface area contributed by atoms with Crippen LogP contribution >= 0.6 is 11.3 Å². The van der Waals surface area contributed by atoms with Crippen molar-refractivity contribution in [2.24, 2.45) is 0 Å². The number of aromatic nitrogens is 1. The van der Waals surface area contributed by atoms with Gasteiger partial charge >= 0.3 is 0 Å². The number of thiophene rings is 1. The highest BCUT2D eigenvalue weighted by molar-refractivity contribution is 7.09.